The maximum atomic E-state index is 12.5. The highest BCUT2D eigenvalue weighted by Gasteiger charge is 2.22. The topological polar surface area (TPSA) is 72.5 Å². The summed E-state index contributed by atoms with van der Waals surface area (Å²) in [6, 6.07) is 8.37. The van der Waals surface area contributed by atoms with Gasteiger partial charge in [0, 0.05) is 0 Å². The Labute approximate surface area is 148 Å². The van der Waals surface area contributed by atoms with Gasteiger partial charge in [-0.1, -0.05) is 46.9 Å². The van der Waals surface area contributed by atoms with Crippen molar-refractivity contribution in [3.63, 3.8) is 0 Å². The summed E-state index contributed by atoms with van der Waals surface area (Å²) < 4.78 is 31.9. The van der Waals surface area contributed by atoms with Gasteiger partial charge in [-0.2, -0.15) is 0 Å². The van der Waals surface area contributed by atoms with Gasteiger partial charge < -0.3 is 4.74 Å². The van der Waals surface area contributed by atoms with Crippen LogP contribution in [0.5, 0.6) is 0 Å². The van der Waals surface area contributed by atoms with E-state index in [-0.39, 0.29) is 31.2 Å². The van der Waals surface area contributed by atoms with Crippen LogP contribution in [0, 0.1) is 0 Å². The minimum Gasteiger partial charge on any atom is -0.465 e. The first-order valence-corrected chi connectivity index (χ1v) is 8.72. The van der Waals surface area contributed by atoms with Crippen LogP contribution in [0.3, 0.4) is 0 Å². The number of esters is 1. The number of methoxy groups -OCH3 is 1. The number of anilines is 1. The molecule has 0 amide bonds. The number of hydrogen-bond donors (Lipinski definition) is 1. The molecule has 2 rings (SSSR count). The predicted octanol–water partition coefficient (Wildman–Crippen LogP) is 4.23. The van der Waals surface area contributed by atoms with Crippen molar-refractivity contribution >= 4 is 56.5 Å². The molecule has 0 bridgehead atoms. The lowest BCUT2D eigenvalue weighted by Gasteiger charge is -2.13. The van der Waals surface area contributed by atoms with Gasteiger partial charge in [0.25, 0.3) is 10.0 Å². The normalized spacial score (nSPS) is 11.1. The Morgan fingerprint density at radius 2 is 1.65 bits per heavy atom. The molecule has 2 aromatic rings. The zero-order valence-electron chi connectivity index (χ0n) is 11.6. The Hall–Kier alpha value is -1.47. The van der Waals surface area contributed by atoms with E-state index >= 15 is 0 Å². The summed E-state index contributed by atoms with van der Waals surface area (Å²) in [5, 5.41) is 0.0747. The first kappa shape index (κ1) is 17.9. The molecule has 0 unspecified atom stereocenters. The highest BCUT2D eigenvalue weighted by molar-refractivity contribution is 7.92. The van der Waals surface area contributed by atoms with Crippen molar-refractivity contribution in [2.24, 2.45) is 0 Å². The second kappa shape index (κ2) is 6.97. The number of benzene rings is 2. The third-order valence-electron chi connectivity index (χ3n) is 2.84. The summed E-state index contributed by atoms with van der Waals surface area (Å²) >= 11 is 17.6. The highest BCUT2D eigenvalue weighted by atomic mass is 35.5. The van der Waals surface area contributed by atoms with E-state index in [4.69, 9.17) is 34.8 Å². The van der Waals surface area contributed by atoms with Crippen molar-refractivity contribution in [1.82, 2.24) is 0 Å². The first-order valence-electron chi connectivity index (χ1n) is 6.11. The average molecular weight is 395 g/mol. The summed E-state index contributed by atoms with van der Waals surface area (Å²) in [6.07, 6.45) is 0. The predicted molar refractivity (Wildman–Crippen MR) is 90.1 cm³/mol. The van der Waals surface area contributed by atoms with Gasteiger partial charge in [0.1, 0.15) is 4.90 Å². The zero-order chi connectivity index (χ0) is 17.2. The summed E-state index contributed by atoms with van der Waals surface area (Å²) in [4.78, 5) is 11.4. The van der Waals surface area contributed by atoms with E-state index in [9.17, 15) is 13.2 Å². The lowest BCUT2D eigenvalue weighted by atomic mass is 10.2. The Morgan fingerprint density at radius 1 is 1.04 bits per heavy atom. The molecule has 122 valence electrons. The standard InChI is InChI=1S/C14H10Cl3NO4S/c1-22-14(19)8-4-2-3-5-12(8)18-23(20,21)13-7-10(16)9(15)6-11(13)17/h2-7,18H,1H3. The molecule has 0 saturated carbocycles. The monoisotopic (exact) mass is 393 g/mol. The van der Waals surface area contributed by atoms with Crippen LogP contribution in [-0.4, -0.2) is 21.5 Å². The van der Waals surface area contributed by atoms with E-state index in [0.717, 1.165) is 6.07 Å². The fourth-order valence-corrected chi connectivity index (χ4v) is 3.85. The fraction of sp³-hybridized carbons (Fsp3) is 0.0714. The minimum absolute atomic E-state index is 0.0395. The molecule has 9 heteroatoms. The Kier molecular flexibility index (Phi) is 5.41. The molecule has 1 N–H and O–H groups in total. The van der Waals surface area contributed by atoms with Crippen molar-refractivity contribution in [1.29, 1.82) is 0 Å². The van der Waals surface area contributed by atoms with Gasteiger partial charge in [0.05, 0.1) is 33.4 Å². The number of carbonyl (C=O) groups is 1. The van der Waals surface area contributed by atoms with Crippen LogP contribution in [-0.2, 0) is 14.8 Å². The Morgan fingerprint density at radius 3 is 2.30 bits per heavy atom. The number of rotatable bonds is 4. The number of para-hydroxylation sites is 1. The number of nitrogens with one attached hydrogen (secondary N) is 1. The van der Waals surface area contributed by atoms with Crippen LogP contribution in [0.1, 0.15) is 10.4 Å². The number of carbonyl (C=O) groups excluding carboxylic acids is 1. The number of hydrogen-bond acceptors (Lipinski definition) is 4. The maximum Gasteiger partial charge on any atom is 0.339 e. The van der Waals surface area contributed by atoms with E-state index in [2.05, 4.69) is 9.46 Å². The molecule has 2 aromatic carbocycles. The Bertz CT molecular complexity index is 868. The first-order chi connectivity index (χ1) is 10.8. The van der Waals surface area contributed by atoms with Crippen LogP contribution in [0.2, 0.25) is 15.1 Å². The molecule has 0 spiro atoms. The lowest BCUT2D eigenvalue weighted by molar-refractivity contribution is 0.0602. The van der Waals surface area contributed by atoms with Gasteiger partial charge in [-0.15, -0.1) is 0 Å². The van der Waals surface area contributed by atoms with E-state index in [1.165, 1.54) is 25.3 Å². The van der Waals surface area contributed by atoms with Gasteiger partial charge in [-0.3, -0.25) is 4.72 Å². The van der Waals surface area contributed by atoms with Gasteiger partial charge in [-0.05, 0) is 24.3 Å². The molecule has 0 saturated heterocycles. The molecule has 0 heterocycles. The maximum absolute atomic E-state index is 12.5. The average Bonchev–Trinajstić information content (AvgIpc) is 2.50. The molecule has 0 aliphatic carbocycles. The molecule has 0 atom stereocenters. The van der Waals surface area contributed by atoms with Crippen LogP contribution in [0.4, 0.5) is 5.69 Å². The van der Waals surface area contributed by atoms with E-state index in [1.54, 1.807) is 12.1 Å². The second-order valence-electron chi connectivity index (χ2n) is 4.34. The molecule has 0 aliphatic heterocycles. The van der Waals surface area contributed by atoms with Crippen molar-refractivity contribution in [3.8, 4) is 0 Å². The fourth-order valence-electron chi connectivity index (χ4n) is 1.77. The third-order valence-corrected chi connectivity index (χ3v) is 5.39. The van der Waals surface area contributed by atoms with Gasteiger partial charge in [-0.25, -0.2) is 13.2 Å². The SMILES string of the molecule is COC(=O)c1ccccc1NS(=O)(=O)c1cc(Cl)c(Cl)cc1Cl. The van der Waals surface area contributed by atoms with Crippen molar-refractivity contribution < 1.29 is 17.9 Å². The van der Waals surface area contributed by atoms with Crippen LogP contribution < -0.4 is 4.72 Å². The molecule has 0 aliphatic rings. The summed E-state index contributed by atoms with van der Waals surface area (Å²) in [7, 11) is -2.88. The lowest BCUT2D eigenvalue weighted by Crippen LogP contribution is -2.16. The van der Waals surface area contributed by atoms with Gasteiger partial charge in [0.15, 0.2) is 0 Å². The zero-order valence-corrected chi connectivity index (χ0v) is 14.7. The number of sulfonamides is 1. The number of ether oxygens (including phenoxy) is 1. The third kappa shape index (κ3) is 3.90. The van der Waals surface area contributed by atoms with E-state index < -0.39 is 16.0 Å². The van der Waals surface area contributed by atoms with Crippen LogP contribution >= 0.6 is 34.8 Å². The smallest absolute Gasteiger partial charge is 0.339 e. The van der Waals surface area contributed by atoms with Crippen molar-refractivity contribution in [3.05, 3.63) is 57.0 Å². The van der Waals surface area contributed by atoms with Gasteiger partial charge in [0.2, 0.25) is 0 Å². The minimum atomic E-state index is -4.08. The van der Waals surface area contributed by atoms with Crippen LogP contribution in [0.25, 0.3) is 0 Å². The molecular weight excluding hydrogens is 385 g/mol. The molecule has 5 nitrogen and oxygen atoms in total. The number of halogens is 3. The highest BCUT2D eigenvalue weighted by Crippen LogP contribution is 2.32. The van der Waals surface area contributed by atoms with Crippen molar-refractivity contribution in [2.45, 2.75) is 4.90 Å². The van der Waals surface area contributed by atoms with E-state index in [0.29, 0.717) is 0 Å². The second-order valence-corrected chi connectivity index (χ2v) is 7.21. The summed E-state index contributed by atoms with van der Waals surface area (Å²) in [5.74, 6) is -0.677. The molecule has 23 heavy (non-hydrogen) atoms. The Balaban J connectivity index is 2.48. The largest absolute Gasteiger partial charge is 0.465 e. The molecular formula is C14H10Cl3NO4S. The quantitative estimate of drug-likeness (QED) is 0.622. The van der Waals surface area contributed by atoms with Gasteiger partial charge >= 0.3 is 5.97 Å². The molecule has 0 fully saturated rings. The van der Waals surface area contributed by atoms with Crippen LogP contribution in [0.15, 0.2) is 41.3 Å². The molecule has 0 radical (unpaired) electrons. The summed E-state index contributed by atoms with van der Waals surface area (Å²) in [6.45, 7) is 0. The summed E-state index contributed by atoms with van der Waals surface area (Å²) in [5.41, 5.74) is 0.122. The van der Waals surface area contributed by atoms with E-state index in [1.807, 2.05) is 0 Å². The van der Waals surface area contributed by atoms with Crippen molar-refractivity contribution in [2.75, 3.05) is 11.8 Å². The molecule has 0 aromatic heterocycles.